The Morgan fingerprint density at radius 1 is 1.13 bits per heavy atom. The third kappa shape index (κ3) is 4.33. The first-order valence-electron chi connectivity index (χ1n) is 8.94. The van der Waals surface area contributed by atoms with Gasteiger partial charge in [-0.15, -0.1) is 0 Å². The van der Waals surface area contributed by atoms with Crippen molar-refractivity contribution >= 4 is 5.91 Å². The van der Waals surface area contributed by atoms with Crippen LogP contribution in [0.25, 0.3) is 0 Å². The van der Waals surface area contributed by atoms with Gasteiger partial charge in [0.1, 0.15) is 6.10 Å². The SMILES string of the molecule is NC[C@H]1CC[C@@H](C(=O)N2CCC(CCc3ccccc3)CC2)O1. The molecule has 0 aliphatic carbocycles. The molecule has 2 heterocycles. The van der Waals surface area contributed by atoms with Gasteiger partial charge in [0.25, 0.3) is 5.91 Å². The van der Waals surface area contributed by atoms with Gasteiger partial charge in [-0.25, -0.2) is 0 Å². The summed E-state index contributed by atoms with van der Waals surface area (Å²) in [6, 6.07) is 10.7. The second kappa shape index (κ2) is 7.93. The van der Waals surface area contributed by atoms with Crippen LogP contribution in [0.3, 0.4) is 0 Å². The van der Waals surface area contributed by atoms with Crippen LogP contribution in [0.1, 0.15) is 37.7 Å². The first-order valence-corrected chi connectivity index (χ1v) is 8.94. The normalized spacial score (nSPS) is 25.7. The maximum atomic E-state index is 12.5. The highest BCUT2D eigenvalue weighted by Gasteiger charge is 2.34. The smallest absolute Gasteiger partial charge is 0.251 e. The van der Waals surface area contributed by atoms with Crippen LogP contribution < -0.4 is 5.73 Å². The third-order valence-corrected chi connectivity index (χ3v) is 5.26. The highest BCUT2D eigenvalue weighted by Crippen LogP contribution is 2.26. The van der Waals surface area contributed by atoms with Crippen molar-refractivity contribution < 1.29 is 9.53 Å². The standard InChI is InChI=1S/C19H28N2O2/c20-14-17-8-9-18(23-17)19(22)21-12-10-16(11-13-21)7-6-15-4-2-1-3-5-15/h1-5,16-18H,6-14,20H2/t17-,18+/m1/s1. The zero-order chi connectivity index (χ0) is 16.1. The van der Waals surface area contributed by atoms with Crippen LogP contribution >= 0.6 is 0 Å². The number of aryl methyl sites for hydroxylation is 1. The van der Waals surface area contributed by atoms with E-state index >= 15 is 0 Å². The highest BCUT2D eigenvalue weighted by atomic mass is 16.5. The quantitative estimate of drug-likeness (QED) is 0.907. The van der Waals surface area contributed by atoms with Crippen molar-refractivity contribution in [2.75, 3.05) is 19.6 Å². The van der Waals surface area contributed by atoms with Gasteiger partial charge in [0.2, 0.25) is 0 Å². The minimum Gasteiger partial charge on any atom is -0.364 e. The van der Waals surface area contributed by atoms with Gasteiger partial charge in [0, 0.05) is 19.6 Å². The number of benzene rings is 1. The number of ether oxygens (including phenoxy) is 1. The Morgan fingerprint density at radius 3 is 2.52 bits per heavy atom. The Balaban J connectivity index is 1.41. The van der Waals surface area contributed by atoms with Gasteiger partial charge < -0.3 is 15.4 Å². The number of amides is 1. The molecule has 2 atom stereocenters. The Kier molecular flexibility index (Phi) is 5.68. The van der Waals surface area contributed by atoms with Crippen LogP contribution in [0.15, 0.2) is 30.3 Å². The van der Waals surface area contributed by atoms with Gasteiger partial charge in [-0.2, -0.15) is 0 Å². The van der Waals surface area contributed by atoms with E-state index in [1.54, 1.807) is 0 Å². The molecule has 2 N–H and O–H groups in total. The minimum atomic E-state index is -0.246. The molecule has 23 heavy (non-hydrogen) atoms. The lowest BCUT2D eigenvalue weighted by atomic mass is 9.90. The molecule has 4 nitrogen and oxygen atoms in total. The molecular formula is C19H28N2O2. The van der Waals surface area contributed by atoms with Crippen LogP contribution in [0.4, 0.5) is 0 Å². The number of nitrogens with zero attached hydrogens (tertiary/aromatic N) is 1. The van der Waals surface area contributed by atoms with Crippen molar-refractivity contribution in [3.05, 3.63) is 35.9 Å². The average molecular weight is 316 g/mol. The van der Waals surface area contributed by atoms with Gasteiger partial charge in [-0.05, 0) is 50.0 Å². The summed E-state index contributed by atoms with van der Waals surface area (Å²) in [5, 5.41) is 0. The number of nitrogens with two attached hydrogens (primary N) is 1. The lowest BCUT2D eigenvalue weighted by molar-refractivity contribution is -0.144. The van der Waals surface area contributed by atoms with E-state index in [4.69, 9.17) is 10.5 Å². The van der Waals surface area contributed by atoms with E-state index in [1.165, 1.54) is 12.0 Å². The van der Waals surface area contributed by atoms with E-state index < -0.39 is 0 Å². The molecule has 0 unspecified atom stereocenters. The third-order valence-electron chi connectivity index (χ3n) is 5.26. The Hall–Kier alpha value is -1.39. The van der Waals surface area contributed by atoms with Crippen LogP contribution in [0.5, 0.6) is 0 Å². The molecule has 0 saturated carbocycles. The first-order chi connectivity index (χ1) is 11.3. The molecule has 0 bridgehead atoms. The number of likely N-dealkylation sites (tertiary alicyclic amines) is 1. The van der Waals surface area contributed by atoms with Crippen molar-refractivity contribution in [1.29, 1.82) is 0 Å². The van der Waals surface area contributed by atoms with E-state index in [2.05, 4.69) is 30.3 Å². The monoisotopic (exact) mass is 316 g/mol. The topological polar surface area (TPSA) is 55.6 Å². The summed E-state index contributed by atoms with van der Waals surface area (Å²) in [5.41, 5.74) is 7.04. The maximum Gasteiger partial charge on any atom is 0.251 e. The molecule has 2 saturated heterocycles. The molecular weight excluding hydrogens is 288 g/mol. The largest absolute Gasteiger partial charge is 0.364 e. The van der Waals surface area contributed by atoms with Crippen molar-refractivity contribution in [1.82, 2.24) is 4.90 Å². The number of hydrogen-bond acceptors (Lipinski definition) is 3. The predicted molar refractivity (Wildman–Crippen MR) is 91.0 cm³/mol. The number of hydrogen-bond donors (Lipinski definition) is 1. The molecule has 0 spiro atoms. The number of rotatable bonds is 5. The summed E-state index contributed by atoms with van der Waals surface area (Å²) in [6.07, 6.45) is 6.17. The molecule has 1 amide bonds. The Morgan fingerprint density at radius 2 is 1.87 bits per heavy atom. The van der Waals surface area contributed by atoms with Crippen molar-refractivity contribution in [2.24, 2.45) is 11.7 Å². The summed E-state index contributed by atoms with van der Waals surface area (Å²) in [7, 11) is 0. The molecule has 1 aromatic rings. The molecule has 2 aliphatic rings. The Bertz CT molecular complexity index is 497. The van der Waals surface area contributed by atoms with Gasteiger partial charge in [-0.1, -0.05) is 30.3 Å². The fraction of sp³-hybridized carbons (Fsp3) is 0.632. The fourth-order valence-electron chi connectivity index (χ4n) is 3.72. The summed E-state index contributed by atoms with van der Waals surface area (Å²) in [4.78, 5) is 14.5. The van der Waals surface area contributed by atoms with Crippen molar-refractivity contribution in [2.45, 2.75) is 50.7 Å². The second-order valence-electron chi connectivity index (χ2n) is 6.85. The van der Waals surface area contributed by atoms with Gasteiger partial charge in [0.15, 0.2) is 0 Å². The zero-order valence-electron chi connectivity index (χ0n) is 13.8. The van der Waals surface area contributed by atoms with Gasteiger partial charge in [0.05, 0.1) is 6.10 Å². The van der Waals surface area contributed by atoms with E-state index in [0.29, 0.717) is 6.54 Å². The molecule has 2 fully saturated rings. The number of carbonyl (C=O) groups excluding carboxylic acids is 1. The molecule has 0 radical (unpaired) electrons. The molecule has 126 valence electrons. The molecule has 1 aromatic carbocycles. The molecule has 3 rings (SSSR count). The Labute approximate surface area is 139 Å². The summed E-state index contributed by atoms with van der Waals surface area (Å²) in [5.74, 6) is 0.919. The van der Waals surface area contributed by atoms with Gasteiger partial charge >= 0.3 is 0 Å². The maximum absolute atomic E-state index is 12.5. The fourth-order valence-corrected chi connectivity index (χ4v) is 3.72. The molecule has 0 aromatic heterocycles. The predicted octanol–water partition coefficient (Wildman–Crippen LogP) is 2.36. The summed E-state index contributed by atoms with van der Waals surface area (Å²) < 4.78 is 5.74. The van der Waals surface area contributed by atoms with Gasteiger partial charge in [-0.3, -0.25) is 4.79 Å². The highest BCUT2D eigenvalue weighted by molar-refractivity contribution is 5.81. The number of carbonyl (C=O) groups is 1. The van der Waals surface area contributed by atoms with Crippen molar-refractivity contribution in [3.63, 3.8) is 0 Å². The zero-order valence-corrected chi connectivity index (χ0v) is 13.8. The average Bonchev–Trinajstić information content (AvgIpc) is 3.10. The van der Waals surface area contributed by atoms with E-state index in [-0.39, 0.29) is 18.1 Å². The summed E-state index contributed by atoms with van der Waals surface area (Å²) in [6.45, 7) is 2.28. The molecule has 4 heteroatoms. The van der Waals surface area contributed by atoms with Crippen LogP contribution in [0.2, 0.25) is 0 Å². The van der Waals surface area contributed by atoms with Crippen LogP contribution in [0, 0.1) is 5.92 Å². The minimum absolute atomic E-state index is 0.0763. The molecule has 2 aliphatic heterocycles. The van der Waals surface area contributed by atoms with E-state index in [0.717, 1.165) is 51.1 Å². The second-order valence-corrected chi connectivity index (χ2v) is 6.85. The van der Waals surface area contributed by atoms with E-state index in [1.807, 2.05) is 4.90 Å². The van der Waals surface area contributed by atoms with Crippen molar-refractivity contribution in [3.8, 4) is 0 Å². The van der Waals surface area contributed by atoms with Crippen LogP contribution in [-0.4, -0.2) is 42.6 Å². The number of piperidine rings is 1. The lowest BCUT2D eigenvalue weighted by Gasteiger charge is -2.33. The lowest BCUT2D eigenvalue weighted by Crippen LogP contribution is -2.44. The summed E-state index contributed by atoms with van der Waals surface area (Å²) >= 11 is 0. The van der Waals surface area contributed by atoms with E-state index in [9.17, 15) is 4.79 Å². The van der Waals surface area contributed by atoms with Crippen LogP contribution in [-0.2, 0) is 16.0 Å². The first kappa shape index (κ1) is 16.5.